The highest BCUT2D eigenvalue weighted by atomic mass is 35.5. The number of anilines is 3. The molecule has 0 spiro atoms. The lowest BCUT2D eigenvalue weighted by atomic mass is 10.2. The number of halogens is 1. The smallest absolute Gasteiger partial charge is 0.249 e. The minimum Gasteiger partial charge on any atom is -0.353 e. The molecule has 0 amide bonds. The number of hydrogen-bond donors (Lipinski definition) is 1. The van der Waals surface area contributed by atoms with E-state index < -0.39 is 0 Å². The van der Waals surface area contributed by atoms with Gasteiger partial charge in [0.2, 0.25) is 5.95 Å². The monoisotopic (exact) mass is 318 g/mol. The Morgan fingerprint density at radius 1 is 1.18 bits per heavy atom. The maximum Gasteiger partial charge on any atom is 0.249 e. The first-order chi connectivity index (χ1) is 10.6. The molecule has 1 saturated heterocycles. The molecule has 1 fully saturated rings. The van der Waals surface area contributed by atoms with E-state index in [1.165, 1.54) is 0 Å². The maximum atomic E-state index is 6.14. The second-order valence-electron chi connectivity index (χ2n) is 5.47. The SMILES string of the molecule is Cc1c(Cl)cccc1Nc1nncc(N2CCN(C)CC2)n1. The van der Waals surface area contributed by atoms with E-state index in [1.54, 1.807) is 6.20 Å². The molecule has 7 heteroatoms. The van der Waals surface area contributed by atoms with Gasteiger partial charge < -0.3 is 15.1 Å². The molecule has 0 radical (unpaired) electrons. The van der Waals surface area contributed by atoms with Crippen molar-refractivity contribution in [3.05, 3.63) is 35.0 Å². The van der Waals surface area contributed by atoms with Crippen molar-refractivity contribution in [2.75, 3.05) is 43.4 Å². The normalized spacial score (nSPS) is 15.9. The average Bonchev–Trinajstić information content (AvgIpc) is 2.53. The van der Waals surface area contributed by atoms with Gasteiger partial charge in [0.15, 0.2) is 5.82 Å². The predicted molar refractivity (Wildman–Crippen MR) is 89.0 cm³/mol. The van der Waals surface area contributed by atoms with Crippen molar-refractivity contribution in [2.45, 2.75) is 6.92 Å². The largest absolute Gasteiger partial charge is 0.353 e. The second-order valence-corrected chi connectivity index (χ2v) is 5.87. The van der Waals surface area contributed by atoms with Gasteiger partial charge in [0.25, 0.3) is 0 Å². The van der Waals surface area contributed by atoms with Crippen LogP contribution in [0, 0.1) is 6.92 Å². The zero-order valence-corrected chi connectivity index (χ0v) is 13.5. The van der Waals surface area contributed by atoms with Crippen LogP contribution in [0.4, 0.5) is 17.5 Å². The molecule has 6 nitrogen and oxygen atoms in total. The second kappa shape index (κ2) is 6.46. The van der Waals surface area contributed by atoms with E-state index >= 15 is 0 Å². The lowest BCUT2D eigenvalue weighted by Gasteiger charge is -2.32. The Kier molecular flexibility index (Phi) is 4.40. The van der Waals surface area contributed by atoms with Gasteiger partial charge in [-0.15, -0.1) is 5.10 Å². The fourth-order valence-electron chi connectivity index (χ4n) is 2.40. The Balaban J connectivity index is 1.78. The van der Waals surface area contributed by atoms with Crippen LogP contribution < -0.4 is 10.2 Å². The topological polar surface area (TPSA) is 57.2 Å². The van der Waals surface area contributed by atoms with Gasteiger partial charge in [-0.1, -0.05) is 17.7 Å². The summed E-state index contributed by atoms with van der Waals surface area (Å²) in [5.41, 5.74) is 1.86. The molecule has 1 aliphatic rings. The number of piperazine rings is 1. The van der Waals surface area contributed by atoms with Gasteiger partial charge in [-0.25, -0.2) is 0 Å². The van der Waals surface area contributed by atoms with Crippen LogP contribution in [-0.2, 0) is 0 Å². The van der Waals surface area contributed by atoms with Gasteiger partial charge in [0.1, 0.15) is 0 Å². The van der Waals surface area contributed by atoms with Crippen LogP contribution in [-0.4, -0.2) is 53.3 Å². The zero-order valence-electron chi connectivity index (χ0n) is 12.8. The molecule has 0 saturated carbocycles. The molecule has 3 rings (SSSR count). The van der Waals surface area contributed by atoms with Gasteiger partial charge in [-0.2, -0.15) is 10.1 Å². The lowest BCUT2D eigenvalue weighted by molar-refractivity contribution is 0.312. The van der Waals surface area contributed by atoms with E-state index in [0.717, 1.165) is 43.2 Å². The Labute approximate surface area is 135 Å². The molecule has 2 aromatic rings. The summed E-state index contributed by atoms with van der Waals surface area (Å²) in [6.45, 7) is 5.92. The maximum absolute atomic E-state index is 6.14. The summed E-state index contributed by atoms with van der Waals surface area (Å²) in [6, 6.07) is 5.71. The fraction of sp³-hybridized carbons (Fsp3) is 0.400. The number of hydrogen-bond acceptors (Lipinski definition) is 6. The van der Waals surface area contributed by atoms with Crippen LogP contribution in [0.2, 0.25) is 5.02 Å². The van der Waals surface area contributed by atoms with Crippen LogP contribution in [0.25, 0.3) is 0 Å². The molecular formula is C15H19ClN6. The third kappa shape index (κ3) is 3.28. The van der Waals surface area contributed by atoms with Crippen molar-refractivity contribution < 1.29 is 0 Å². The molecule has 1 aromatic carbocycles. The summed E-state index contributed by atoms with van der Waals surface area (Å²) in [6.07, 6.45) is 1.71. The Morgan fingerprint density at radius 3 is 2.73 bits per heavy atom. The number of nitrogens with zero attached hydrogens (tertiary/aromatic N) is 5. The molecule has 0 bridgehead atoms. The first-order valence-corrected chi connectivity index (χ1v) is 7.66. The van der Waals surface area contributed by atoms with Crippen molar-refractivity contribution >= 4 is 29.1 Å². The van der Waals surface area contributed by atoms with Crippen molar-refractivity contribution in [1.29, 1.82) is 0 Å². The third-order valence-corrected chi connectivity index (χ3v) is 4.30. The molecule has 1 aliphatic heterocycles. The van der Waals surface area contributed by atoms with Gasteiger partial charge in [0.05, 0.1) is 6.20 Å². The van der Waals surface area contributed by atoms with Crippen molar-refractivity contribution in [1.82, 2.24) is 20.1 Å². The standard InChI is InChI=1S/C15H19ClN6/c1-11-12(16)4-3-5-13(11)18-15-19-14(10-17-20-15)22-8-6-21(2)7-9-22/h3-5,10H,6-9H2,1-2H3,(H,18,19,20). The highest BCUT2D eigenvalue weighted by molar-refractivity contribution is 6.31. The zero-order chi connectivity index (χ0) is 15.5. The van der Waals surface area contributed by atoms with Gasteiger partial charge in [-0.05, 0) is 31.7 Å². The first-order valence-electron chi connectivity index (χ1n) is 7.29. The van der Waals surface area contributed by atoms with Crippen LogP contribution in [0.3, 0.4) is 0 Å². The molecule has 22 heavy (non-hydrogen) atoms. The molecule has 116 valence electrons. The minimum absolute atomic E-state index is 0.488. The Hall–Kier alpha value is -1.92. The van der Waals surface area contributed by atoms with Crippen LogP contribution >= 0.6 is 11.6 Å². The molecule has 2 heterocycles. The van der Waals surface area contributed by atoms with Crippen molar-refractivity contribution in [3.8, 4) is 0 Å². The third-order valence-electron chi connectivity index (χ3n) is 3.89. The number of aromatic nitrogens is 3. The van der Waals surface area contributed by atoms with E-state index in [2.05, 4.69) is 37.3 Å². The minimum atomic E-state index is 0.488. The summed E-state index contributed by atoms with van der Waals surface area (Å²) < 4.78 is 0. The van der Waals surface area contributed by atoms with E-state index in [4.69, 9.17) is 11.6 Å². The van der Waals surface area contributed by atoms with E-state index in [9.17, 15) is 0 Å². The lowest BCUT2D eigenvalue weighted by Crippen LogP contribution is -2.44. The Morgan fingerprint density at radius 2 is 1.95 bits per heavy atom. The van der Waals surface area contributed by atoms with E-state index in [-0.39, 0.29) is 0 Å². The first kappa shape index (κ1) is 15.0. The van der Waals surface area contributed by atoms with E-state index in [0.29, 0.717) is 11.0 Å². The molecule has 1 aromatic heterocycles. The van der Waals surface area contributed by atoms with Gasteiger partial charge in [-0.3, -0.25) is 0 Å². The van der Waals surface area contributed by atoms with Gasteiger partial charge in [0, 0.05) is 36.9 Å². The van der Waals surface area contributed by atoms with Crippen molar-refractivity contribution in [3.63, 3.8) is 0 Å². The number of rotatable bonds is 3. The summed E-state index contributed by atoms with van der Waals surface area (Å²) in [5, 5.41) is 12.0. The number of likely N-dealkylation sites (N-methyl/N-ethyl adjacent to an activating group) is 1. The van der Waals surface area contributed by atoms with Crippen LogP contribution in [0.5, 0.6) is 0 Å². The molecule has 0 aliphatic carbocycles. The van der Waals surface area contributed by atoms with Gasteiger partial charge >= 0.3 is 0 Å². The summed E-state index contributed by atoms with van der Waals surface area (Å²) in [7, 11) is 2.13. The molecule has 1 N–H and O–H groups in total. The molecule has 0 atom stereocenters. The Bertz CT molecular complexity index is 654. The number of benzene rings is 1. The predicted octanol–water partition coefficient (Wildman–Crippen LogP) is 2.33. The van der Waals surface area contributed by atoms with Crippen molar-refractivity contribution in [2.24, 2.45) is 0 Å². The molecular weight excluding hydrogens is 300 g/mol. The van der Waals surface area contributed by atoms with E-state index in [1.807, 2.05) is 25.1 Å². The molecule has 0 unspecified atom stereocenters. The van der Waals surface area contributed by atoms with Crippen LogP contribution in [0.1, 0.15) is 5.56 Å². The van der Waals surface area contributed by atoms with Crippen LogP contribution in [0.15, 0.2) is 24.4 Å². The summed E-state index contributed by atoms with van der Waals surface area (Å²) in [5.74, 6) is 1.34. The fourth-order valence-corrected chi connectivity index (χ4v) is 2.57. The highest BCUT2D eigenvalue weighted by Gasteiger charge is 2.16. The summed E-state index contributed by atoms with van der Waals surface area (Å²) in [4.78, 5) is 9.10. The average molecular weight is 319 g/mol. The quantitative estimate of drug-likeness (QED) is 0.937. The highest BCUT2D eigenvalue weighted by Crippen LogP contribution is 2.25. The number of nitrogens with one attached hydrogen (secondary N) is 1. The summed E-state index contributed by atoms with van der Waals surface area (Å²) >= 11 is 6.14.